The third-order valence-electron chi connectivity index (χ3n) is 4.19. The van der Waals surface area contributed by atoms with Gasteiger partial charge in [0, 0.05) is 26.2 Å². The molecule has 132 valence electrons. The summed E-state index contributed by atoms with van der Waals surface area (Å²) in [7, 11) is 3.83. The van der Waals surface area contributed by atoms with E-state index in [2.05, 4.69) is 21.6 Å². The largest absolute Gasteiger partial charge is 0.354 e. The lowest BCUT2D eigenvalue weighted by Crippen LogP contribution is -2.48. The van der Waals surface area contributed by atoms with Gasteiger partial charge in [-0.05, 0) is 33.0 Å². The zero-order valence-electron chi connectivity index (χ0n) is 14.8. The second-order valence-electron chi connectivity index (χ2n) is 6.55. The highest BCUT2D eigenvalue weighted by Gasteiger charge is 2.22. The van der Waals surface area contributed by atoms with Crippen molar-refractivity contribution in [2.75, 3.05) is 46.8 Å². The number of likely N-dealkylation sites (N-methyl/N-ethyl adjacent to an activating group) is 1. The quantitative estimate of drug-likeness (QED) is 0.715. The fourth-order valence-electron chi connectivity index (χ4n) is 3.02. The van der Waals surface area contributed by atoms with Gasteiger partial charge < -0.3 is 10.6 Å². The number of carbonyl (C=O) groups is 2. The number of carbonyl (C=O) groups excluding carboxylic acids is 2. The minimum atomic E-state index is -0.286. The van der Waals surface area contributed by atoms with Gasteiger partial charge in [-0.3, -0.25) is 19.4 Å². The van der Waals surface area contributed by atoms with Crippen molar-refractivity contribution in [1.82, 2.24) is 20.4 Å². The lowest BCUT2D eigenvalue weighted by Gasteiger charge is -2.27. The average Bonchev–Trinajstić information content (AvgIpc) is 2.51. The fraction of sp³-hybridized carbons (Fsp3) is 0.556. The number of hydrogen-bond donors (Lipinski definition) is 2. The third kappa shape index (κ3) is 5.32. The summed E-state index contributed by atoms with van der Waals surface area (Å²) in [4.78, 5) is 28.0. The molecule has 1 aliphatic heterocycles. The minimum Gasteiger partial charge on any atom is -0.354 e. The summed E-state index contributed by atoms with van der Waals surface area (Å²) >= 11 is 0. The third-order valence-corrected chi connectivity index (χ3v) is 4.19. The zero-order chi connectivity index (χ0) is 17.5. The van der Waals surface area contributed by atoms with E-state index in [1.165, 1.54) is 0 Å². The highest BCUT2D eigenvalue weighted by molar-refractivity contribution is 5.83. The molecular weight excluding hydrogens is 304 g/mol. The van der Waals surface area contributed by atoms with Gasteiger partial charge in [0.25, 0.3) is 0 Å². The number of benzene rings is 1. The first-order chi connectivity index (χ1) is 11.5. The highest BCUT2D eigenvalue weighted by Crippen LogP contribution is 2.19. The molecule has 1 atom stereocenters. The van der Waals surface area contributed by atoms with Crippen molar-refractivity contribution >= 4 is 11.8 Å². The van der Waals surface area contributed by atoms with E-state index in [0.29, 0.717) is 19.6 Å². The van der Waals surface area contributed by atoms with Crippen LogP contribution in [0.25, 0.3) is 0 Å². The lowest BCUT2D eigenvalue weighted by atomic mass is 10.0. The molecule has 0 saturated carbocycles. The molecule has 0 radical (unpaired) electrons. The second kappa shape index (κ2) is 8.80. The number of amides is 2. The molecule has 6 nitrogen and oxygen atoms in total. The number of aryl methyl sites for hydroxylation is 1. The van der Waals surface area contributed by atoms with Crippen LogP contribution in [0.3, 0.4) is 0 Å². The molecule has 0 aromatic heterocycles. The number of hydrogen-bond acceptors (Lipinski definition) is 4. The molecule has 1 heterocycles. The first-order valence-corrected chi connectivity index (χ1v) is 8.47. The first kappa shape index (κ1) is 18.4. The van der Waals surface area contributed by atoms with Crippen molar-refractivity contribution < 1.29 is 9.59 Å². The van der Waals surface area contributed by atoms with Crippen LogP contribution in [0.4, 0.5) is 0 Å². The molecule has 0 unspecified atom stereocenters. The second-order valence-corrected chi connectivity index (χ2v) is 6.55. The Kier molecular flexibility index (Phi) is 6.75. The summed E-state index contributed by atoms with van der Waals surface area (Å²) in [6.45, 7) is 5.52. The molecule has 0 spiro atoms. The van der Waals surface area contributed by atoms with E-state index < -0.39 is 0 Å². The van der Waals surface area contributed by atoms with Crippen LogP contribution in [0.15, 0.2) is 24.3 Å². The van der Waals surface area contributed by atoms with Crippen LogP contribution in [-0.2, 0) is 9.59 Å². The number of nitrogens with one attached hydrogen (secondary N) is 2. The molecule has 6 heteroatoms. The average molecular weight is 332 g/mol. The maximum absolute atomic E-state index is 12.6. The molecule has 24 heavy (non-hydrogen) atoms. The van der Waals surface area contributed by atoms with Gasteiger partial charge >= 0.3 is 0 Å². The van der Waals surface area contributed by atoms with Crippen LogP contribution in [0.5, 0.6) is 0 Å². The maximum atomic E-state index is 12.6. The van der Waals surface area contributed by atoms with Gasteiger partial charge in [0.15, 0.2) is 0 Å². The van der Waals surface area contributed by atoms with Crippen molar-refractivity contribution in [2.24, 2.45) is 0 Å². The zero-order valence-corrected chi connectivity index (χ0v) is 14.8. The van der Waals surface area contributed by atoms with Crippen LogP contribution in [-0.4, -0.2) is 68.4 Å². The Labute approximate surface area is 144 Å². The van der Waals surface area contributed by atoms with Crippen molar-refractivity contribution in [1.29, 1.82) is 0 Å². The van der Waals surface area contributed by atoms with Crippen molar-refractivity contribution in [3.63, 3.8) is 0 Å². The molecule has 1 fully saturated rings. The van der Waals surface area contributed by atoms with Crippen molar-refractivity contribution in [2.45, 2.75) is 19.4 Å². The summed E-state index contributed by atoms with van der Waals surface area (Å²) < 4.78 is 0. The van der Waals surface area contributed by atoms with E-state index in [1.807, 2.05) is 44.1 Å². The van der Waals surface area contributed by atoms with E-state index in [0.717, 1.165) is 30.6 Å². The Bertz CT molecular complexity index is 574. The van der Waals surface area contributed by atoms with Gasteiger partial charge in [-0.2, -0.15) is 0 Å². The van der Waals surface area contributed by atoms with Gasteiger partial charge in [-0.15, -0.1) is 0 Å². The molecular formula is C18H28N4O2. The van der Waals surface area contributed by atoms with Crippen LogP contribution in [0.1, 0.15) is 23.6 Å². The molecule has 1 aliphatic rings. The van der Waals surface area contributed by atoms with Crippen molar-refractivity contribution in [3.05, 3.63) is 35.4 Å². The van der Waals surface area contributed by atoms with Crippen LogP contribution in [0.2, 0.25) is 0 Å². The Morgan fingerprint density at radius 3 is 2.88 bits per heavy atom. The van der Waals surface area contributed by atoms with Gasteiger partial charge in [-0.25, -0.2) is 0 Å². The molecule has 2 rings (SSSR count). The molecule has 0 bridgehead atoms. The molecule has 1 aromatic carbocycles. The Balaban J connectivity index is 1.82. The van der Waals surface area contributed by atoms with Gasteiger partial charge in [0.2, 0.25) is 11.8 Å². The van der Waals surface area contributed by atoms with E-state index in [-0.39, 0.29) is 17.9 Å². The Morgan fingerprint density at radius 2 is 2.21 bits per heavy atom. The maximum Gasteiger partial charge on any atom is 0.241 e. The monoisotopic (exact) mass is 332 g/mol. The van der Waals surface area contributed by atoms with Crippen LogP contribution >= 0.6 is 0 Å². The standard InChI is InChI=1S/C18H28N4O2/c1-14-6-4-7-15(12-14)17(21(2)3)18(24)20-8-5-10-22-11-9-19-16(23)13-22/h4,6-7,12,17H,5,8-11,13H2,1-3H3,(H,19,23)(H,20,24)/t17-/m0/s1. The normalized spacial score (nSPS) is 16.8. The highest BCUT2D eigenvalue weighted by atomic mass is 16.2. The smallest absolute Gasteiger partial charge is 0.241 e. The van der Waals surface area contributed by atoms with E-state index in [1.54, 1.807) is 0 Å². The summed E-state index contributed by atoms with van der Waals surface area (Å²) in [6.07, 6.45) is 0.840. The topological polar surface area (TPSA) is 64.7 Å². The fourth-order valence-corrected chi connectivity index (χ4v) is 3.02. The SMILES string of the molecule is Cc1cccc([C@@H](C(=O)NCCCN2CCNC(=O)C2)N(C)C)c1. The van der Waals surface area contributed by atoms with Gasteiger partial charge in [0.1, 0.15) is 6.04 Å². The summed E-state index contributed by atoms with van der Waals surface area (Å²) in [5.74, 6) is 0.0967. The molecule has 1 saturated heterocycles. The van der Waals surface area contributed by atoms with E-state index >= 15 is 0 Å². The number of piperazine rings is 1. The van der Waals surface area contributed by atoms with Gasteiger partial charge in [0.05, 0.1) is 6.54 Å². The summed E-state index contributed by atoms with van der Waals surface area (Å²) in [5.41, 5.74) is 2.15. The van der Waals surface area contributed by atoms with Crippen molar-refractivity contribution in [3.8, 4) is 0 Å². The number of rotatable bonds is 7. The molecule has 0 aliphatic carbocycles. The Hall–Kier alpha value is -1.92. The van der Waals surface area contributed by atoms with E-state index in [9.17, 15) is 9.59 Å². The van der Waals surface area contributed by atoms with Crippen LogP contribution < -0.4 is 10.6 Å². The minimum absolute atomic E-state index is 0.0157. The lowest BCUT2D eigenvalue weighted by molar-refractivity contribution is -0.126. The molecule has 2 amide bonds. The summed E-state index contributed by atoms with van der Waals surface area (Å²) in [5, 5.41) is 5.84. The predicted molar refractivity (Wildman–Crippen MR) is 94.7 cm³/mol. The van der Waals surface area contributed by atoms with Gasteiger partial charge in [-0.1, -0.05) is 29.8 Å². The predicted octanol–water partition coefficient (Wildman–Crippen LogP) is 0.536. The first-order valence-electron chi connectivity index (χ1n) is 8.47. The van der Waals surface area contributed by atoms with E-state index in [4.69, 9.17) is 0 Å². The van der Waals surface area contributed by atoms with Crippen LogP contribution in [0, 0.1) is 6.92 Å². The number of nitrogens with zero attached hydrogens (tertiary/aromatic N) is 2. The molecule has 1 aromatic rings. The Morgan fingerprint density at radius 1 is 1.42 bits per heavy atom. The summed E-state index contributed by atoms with van der Waals surface area (Å²) in [6, 6.07) is 7.77. The molecule has 2 N–H and O–H groups in total.